The average molecular weight is 376 g/mol. The Morgan fingerprint density at radius 1 is 0.704 bits per heavy atom. The summed E-state index contributed by atoms with van der Waals surface area (Å²) in [5.74, 6) is 0.444. The van der Waals surface area contributed by atoms with Crippen LogP contribution in [0.3, 0.4) is 0 Å². The molecule has 2 N–H and O–H groups in total. The fraction of sp³-hybridized carbons (Fsp3) is 0.300. The molecular weight excluding hydrogens is 352 g/mol. The average Bonchev–Trinajstić information content (AvgIpc) is 2.69. The molecule has 0 unspecified atom stereocenters. The first-order valence-electron chi connectivity index (χ1n) is 8.49. The number of hydrogen-bond acceptors (Lipinski definition) is 7. The van der Waals surface area contributed by atoms with E-state index in [4.69, 9.17) is 24.4 Å². The summed E-state index contributed by atoms with van der Waals surface area (Å²) in [6.07, 6.45) is 0. The molecule has 0 aliphatic rings. The molecule has 146 valence electrons. The van der Waals surface area contributed by atoms with Gasteiger partial charge in [-0.2, -0.15) is 0 Å². The first kappa shape index (κ1) is 22.1. The normalized spacial score (nSPS) is 9.63. The number of esters is 2. The lowest BCUT2D eigenvalue weighted by Crippen LogP contribution is -2.04. The molecule has 7 heteroatoms. The smallest absolute Gasteiger partial charge is 0.338 e. The highest BCUT2D eigenvalue weighted by atomic mass is 16.5. The molecular formula is C20H24O7. The van der Waals surface area contributed by atoms with E-state index in [2.05, 4.69) is 0 Å². The number of aliphatic hydroxyl groups is 2. The van der Waals surface area contributed by atoms with Crippen LogP contribution in [-0.2, 0) is 9.47 Å². The van der Waals surface area contributed by atoms with Gasteiger partial charge in [-0.15, -0.1) is 0 Å². The van der Waals surface area contributed by atoms with E-state index in [1.165, 1.54) is 0 Å². The summed E-state index contributed by atoms with van der Waals surface area (Å²) in [4.78, 5) is 23.1. The molecule has 0 aliphatic heterocycles. The minimum absolute atomic E-state index is 0.125. The number of aliphatic hydroxyl groups excluding tert-OH is 2. The zero-order valence-electron chi connectivity index (χ0n) is 15.4. The lowest BCUT2D eigenvalue weighted by molar-refractivity contribution is 0.0517. The highest BCUT2D eigenvalue weighted by Gasteiger charge is 2.08. The quantitative estimate of drug-likeness (QED) is 0.716. The van der Waals surface area contributed by atoms with Gasteiger partial charge in [0.1, 0.15) is 11.5 Å². The maximum absolute atomic E-state index is 11.6. The van der Waals surface area contributed by atoms with E-state index in [0.29, 0.717) is 35.8 Å². The van der Waals surface area contributed by atoms with Gasteiger partial charge in [0.25, 0.3) is 0 Å². The summed E-state index contributed by atoms with van der Waals surface area (Å²) >= 11 is 0. The van der Waals surface area contributed by atoms with Crippen molar-refractivity contribution in [3.63, 3.8) is 0 Å². The van der Waals surface area contributed by atoms with Crippen molar-refractivity contribution in [1.29, 1.82) is 0 Å². The van der Waals surface area contributed by atoms with Crippen LogP contribution in [0.2, 0.25) is 0 Å². The minimum Gasteiger partial charge on any atom is -0.462 e. The molecule has 0 heterocycles. The van der Waals surface area contributed by atoms with Crippen molar-refractivity contribution in [3.05, 3.63) is 59.7 Å². The lowest BCUT2D eigenvalue weighted by atomic mass is 10.2. The number of ether oxygens (including phenoxy) is 3. The third kappa shape index (κ3) is 7.89. The third-order valence-electron chi connectivity index (χ3n) is 3.07. The molecule has 0 saturated heterocycles. The Labute approximate surface area is 158 Å². The first-order chi connectivity index (χ1) is 13.0. The van der Waals surface area contributed by atoms with Crippen molar-refractivity contribution in [1.82, 2.24) is 0 Å². The van der Waals surface area contributed by atoms with E-state index in [0.717, 1.165) is 0 Å². The Bertz CT molecular complexity index is 632. The van der Waals surface area contributed by atoms with E-state index >= 15 is 0 Å². The predicted octanol–water partition coefficient (Wildman–Crippen LogP) is 2.80. The Hall–Kier alpha value is -2.90. The van der Waals surface area contributed by atoms with Crippen LogP contribution in [0, 0.1) is 0 Å². The van der Waals surface area contributed by atoms with Crippen LogP contribution < -0.4 is 4.74 Å². The summed E-state index contributed by atoms with van der Waals surface area (Å²) in [5, 5.41) is 15.2. The predicted molar refractivity (Wildman–Crippen MR) is 99.0 cm³/mol. The Morgan fingerprint density at radius 3 is 1.30 bits per heavy atom. The fourth-order valence-corrected chi connectivity index (χ4v) is 1.88. The molecule has 0 aliphatic carbocycles. The van der Waals surface area contributed by atoms with Crippen LogP contribution in [0.5, 0.6) is 11.5 Å². The van der Waals surface area contributed by atoms with Gasteiger partial charge in [-0.25, -0.2) is 9.59 Å². The Balaban J connectivity index is 0.000000828. The van der Waals surface area contributed by atoms with E-state index in [9.17, 15) is 9.59 Å². The van der Waals surface area contributed by atoms with Crippen molar-refractivity contribution in [2.45, 2.75) is 13.8 Å². The van der Waals surface area contributed by atoms with Crippen LogP contribution in [0.1, 0.15) is 34.6 Å². The molecule has 0 aromatic heterocycles. The van der Waals surface area contributed by atoms with Crippen molar-refractivity contribution >= 4 is 11.9 Å². The van der Waals surface area contributed by atoms with Gasteiger partial charge in [-0.3, -0.25) is 0 Å². The molecule has 0 amide bonds. The Kier molecular flexibility index (Phi) is 10.2. The summed E-state index contributed by atoms with van der Waals surface area (Å²) in [7, 11) is 0. The monoisotopic (exact) mass is 376 g/mol. The van der Waals surface area contributed by atoms with E-state index in [1.807, 2.05) is 0 Å². The van der Waals surface area contributed by atoms with Crippen LogP contribution in [0.25, 0.3) is 0 Å². The molecule has 0 saturated carbocycles. The van der Waals surface area contributed by atoms with Crippen LogP contribution in [-0.4, -0.2) is 48.6 Å². The summed E-state index contributed by atoms with van der Waals surface area (Å²) in [6, 6.07) is 13.3. The second kappa shape index (κ2) is 12.5. The highest BCUT2D eigenvalue weighted by molar-refractivity contribution is 5.90. The van der Waals surface area contributed by atoms with Gasteiger partial charge in [0, 0.05) is 0 Å². The molecule has 0 fully saturated rings. The summed E-state index contributed by atoms with van der Waals surface area (Å²) < 4.78 is 15.5. The second-order valence-electron chi connectivity index (χ2n) is 5.04. The van der Waals surface area contributed by atoms with Gasteiger partial charge in [0.2, 0.25) is 0 Å². The SMILES string of the molecule is CCOC(=O)c1ccc(Oc2ccc(C(=O)OCC)cc2)cc1.OCCO. The molecule has 0 bridgehead atoms. The fourth-order valence-electron chi connectivity index (χ4n) is 1.88. The largest absolute Gasteiger partial charge is 0.462 e. The third-order valence-corrected chi connectivity index (χ3v) is 3.07. The number of benzene rings is 2. The lowest BCUT2D eigenvalue weighted by Gasteiger charge is -2.07. The van der Waals surface area contributed by atoms with Crippen molar-refractivity contribution in [2.24, 2.45) is 0 Å². The van der Waals surface area contributed by atoms with Crippen LogP contribution >= 0.6 is 0 Å². The van der Waals surface area contributed by atoms with Crippen molar-refractivity contribution in [3.8, 4) is 11.5 Å². The van der Waals surface area contributed by atoms with Crippen LogP contribution in [0.15, 0.2) is 48.5 Å². The maximum atomic E-state index is 11.6. The van der Waals surface area contributed by atoms with Gasteiger partial charge in [-0.05, 0) is 62.4 Å². The first-order valence-corrected chi connectivity index (χ1v) is 8.49. The second-order valence-corrected chi connectivity index (χ2v) is 5.04. The Morgan fingerprint density at radius 2 is 1.04 bits per heavy atom. The molecule has 7 nitrogen and oxygen atoms in total. The highest BCUT2D eigenvalue weighted by Crippen LogP contribution is 2.22. The maximum Gasteiger partial charge on any atom is 0.338 e. The minimum atomic E-state index is -0.363. The topological polar surface area (TPSA) is 102 Å². The van der Waals surface area contributed by atoms with Gasteiger partial charge in [0.15, 0.2) is 0 Å². The molecule has 0 spiro atoms. The standard InChI is InChI=1S/C18H18O5.C2H6O2/c1-3-21-17(19)13-5-9-15(10-6-13)23-16-11-7-14(8-12-16)18(20)22-4-2;3-1-2-4/h5-12H,3-4H2,1-2H3;3-4H,1-2H2. The molecule has 0 radical (unpaired) electrons. The molecule has 2 aromatic rings. The molecule has 0 atom stereocenters. The van der Waals surface area contributed by atoms with Crippen molar-refractivity contribution < 1.29 is 34.0 Å². The zero-order chi connectivity index (χ0) is 20.1. The van der Waals surface area contributed by atoms with Gasteiger partial charge >= 0.3 is 11.9 Å². The number of carbonyl (C=O) groups is 2. The number of rotatable bonds is 7. The molecule has 2 aromatic carbocycles. The zero-order valence-corrected chi connectivity index (χ0v) is 15.4. The summed E-state index contributed by atoms with van der Waals surface area (Å²) in [6.45, 7) is 3.94. The molecule has 27 heavy (non-hydrogen) atoms. The summed E-state index contributed by atoms with van der Waals surface area (Å²) in [5.41, 5.74) is 0.939. The molecule has 2 rings (SSSR count). The van der Waals surface area contributed by atoms with E-state index < -0.39 is 0 Å². The van der Waals surface area contributed by atoms with Gasteiger partial charge in [0.05, 0.1) is 37.6 Å². The number of carbonyl (C=O) groups excluding carboxylic acids is 2. The van der Waals surface area contributed by atoms with E-state index in [-0.39, 0.29) is 25.2 Å². The van der Waals surface area contributed by atoms with Crippen LogP contribution in [0.4, 0.5) is 0 Å². The van der Waals surface area contributed by atoms with Gasteiger partial charge in [-0.1, -0.05) is 0 Å². The van der Waals surface area contributed by atoms with Gasteiger partial charge < -0.3 is 24.4 Å². The number of hydrogen-bond donors (Lipinski definition) is 2. The van der Waals surface area contributed by atoms with Crippen molar-refractivity contribution in [2.75, 3.05) is 26.4 Å². The van der Waals surface area contributed by atoms with E-state index in [1.54, 1.807) is 62.4 Å².